The third-order valence-corrected chi connectivity index (χ3v) is 5.01. The molecule has 1 aromatic rings. The van der Waals surface area contributed by atoms with Gasteiger partial charge in [-0.1, -0.05) is 0 Å². The maximum Gasteiger partial charge on any atom is 0.270 e. The van der Waals surface area contributed by atoms with Crippen LogP contribution in [0.1, 0.15) is 16.9 Å². The van der Waals surface area contributed by atoms with Crippen molar-refractivity contribution in [2.75, 3.05) is 39.8 Å². The molecule has 0 radical (unpaired) electrons. The highest BCUT2D eigenvalue weighted by molar-refractivity contribution is 5.95. The lowest BCUT2D eigenvalue weighted by Gasteiger charge is -2.45. The van der Waals surface area contributed by atoms with E-state index in [4.69, 9.17) is 5.26 Å². The number of likely N-dealkylation sites (N-methyl/N-ethyl adjacent to an activating group) is 1. The molecular weight excluding hydrogens is 294 g/mol. The van der Waals surface area contributed by atoms with Crippen molar-refractivity contribution in [3.8, 4) is 6.07 Å². The van der Waals surface area contributed by atoms with E-state index in [1.165, 1.54) is 0 Å². The molecule has 2 fully saturated rings. The monoisotopic (exact) mass is 315 g/mol. The van der Waals surface area contributed by atoms with Gasteiger partial charge in [0.05, 0.1) is 12.6 Å². The number of carbonyl (C=O) groups excluding carboxylic acids is 2. The highest BCUT2D eigenvalue weighted by atomic mass is 16.2. The molecule has 1 spiro atoms. The summed E-state index contributed by atoms with van der Waals surface area (Å²) in [5, 5.41) is 9.08. The lowest BCUT2D eigenvalue weighted by Crippen LogP contribution is -2.66. The van der Waals surface area contributed by atoms with Crippen LogP contribution in [0.4, 0.5) is 0 Å². The van der Waals surface area contributed by atoms with Crippen LogP contribution in [0.25, 0.3) is 0 Å². The van der Waals surface area contributed by atoms with E-state index in [0.29, 0.717) is 38.3 Å². The molecule has 2 aliphatic heterocycles. The van der Waals surface area contributed by atoms with Gasteiger partial charge in [0.1, 0.15) is 11.2 Å². The summed E-state index contributed by atoms with van der Waals surface area (Å²) in [5.74, 6) is -0.0477. The summed E-state index contributed by atoms with van der Waals surface area (Å²) < 4.78 is 1.79. The molecule has 23 heavy (non-hydrogen) atoms. The molecule has 2 saturated heterocycles. The summed E-state index contributed by atoms with van der Waals surface area (Å²) in [6.45, 7) is 2.38. The molecular formula is C16H21N5O2. The van der Waals surface area contributed by atoms with Crippen LogP contribution in [0.15, 0.2) is 18.3 Å². The highest BCUT2D eigenvalue weighted by Gasteiger charge is 2.53. The van der Waals surface area contributed by atoms with Crippen molar-refractivity contribution in [2.24, 2.45) is 7.05 Å². The summed E-state index contributed by atoms with van der Waals surface area (Å²) in [7, 11) is 3.62. The zero-order chi connectivity index (χ0) is 16.6. The Bertz CT molecular complexity index is 676. The Kier molecular flexibility index (Phi) is 3.86. The van der Waals surface area contributed by atoms with E-state index < -0.39 is 5.54 Å². The summed E-state index contributed by atoms with van der Waals surface area (Å²) in [6.07, 6.45) is 2.41. The summed E-state index contributed by atoms with van der Waals surface area (Å²) >= 11 is 0. The van der Waals surface area contributed by atoms with Crippen molar-refractivity contribution in [3.05, 3.63) is 24.0 Å². The Morgan fingerprint density at radius 3 is 2.78 bits per heavy atom. The zero-order valence-corrected chi connectivity index (χ0v) is 13.5. The largest absolute Gasteiger partial charge is 0.347 e. The second-order valence-electron chi connectivity index (χ2n) is 6.32. The van der Waals surface area contributed by atoms with Crippen molar-refractivity contribution >= 4 is 11.8 Å². The van der Waals surface area contributed by atoms with Crippen LogP contribution in [0.3, 0.4) is 0 Å². The Morgan fingerprint density at radius 1 is 1.35 bits per heavy atom. The zero-order valence-electron chi connectivity index (χ0n) is 13.5. The van der Waals surface area contributed by atoms with Gasteiger partial charge in [-0.25, -0.2) is 0 Å². The number of piperazine rings is 1. The summed E-state index contributed by atoms with van der Waals surface area (Å²) in [6, 6.07) is 5.77. The molecule has 3 heterocycles. The third kappa shape index (κ3) is 2.39. The molecule has 0 bridgehead atoms. The van der Waals surface area contributed by atoms with Crippen molar-refractivity contribution in [1.29, 1.82) is 5.26 Å². The van der Waals surface area contributed by atoms with Crippen LogP contribution in [0.5, 0.6) is 0 Å². The van der Waals surface area contributed by atoms with E-state index in [2.05, 4.69) is 6.07 Å². The van der Waals surface area contributed by atoms with Gasteiger partial charge in [0.15, 0.2) is 0 Å². The number of nitriles is 1. The predicted octanol–water partition coefficient (Wildman–Crippen LogP) is -0.0926. The van der Waals surface area contributed by atoms with Gasteiger partial charge in [-0.2, -0.15) is 5.26 Å². The van der Waals surface area contributed by atoms with Crippen molar-refractivity contribution in [2.45, 2.75) is 12.0 Å². The van der Waals surface area contributed by atoms with Gasteiger partial charge in [0.25, 0.3) is 5.91 Å². The molecule has 7 nitrogen and oxygen atoms in total. The molecule has 0 N–H and O–H groups in total. The average molecular weight is 315 g/mol. The summed E-state index contributed by atoms with van der Waals surface area (Å²) in [5.41, 5.74) is -0.130. The van der Waals surface area contributed by atoms with Gasteiger partial charge < -0.3 is 14.4 Å². The quantitative estimate of drug-likeness (QED) is 0.715. The molecule has 0 aliphatic carbocycles. The topological polar surface area (TPSA) is 72.6 Å². The molecule has 1 unspecified atom stereocenters. The number of nitrogens with zero attached hydrogens (tertiary/aromatic N) is 5. The minimum Gasteiger partial charge on any atom is -0.347 e. The Hall–Kier alpha value is -2.33. The smallest absolute Gasteiger partial charge is 0.270 e. The number of hydrogen-bond donors (Lipinski definition) is 0. The number of rotatable bonds is 2. The van der Waals surface area contributed by atoms with Crippen LogP contribution in [0.2, 0.25) is 0 Å². The normalized spacial score (nSPS) is 25.2. The van der Waals surface area contributed by atoms with Crippen LogP contribution < -0.4 is 0 Å². The fourth-order valence-electron chi connectivity index (χ4n) is 3.64. The van der Waals surface area contributed by atoms with E-state index >= 15 is 0 Å². The first-order chi connectivity index (χ1) is 11.0. The van der Waals surface area contributed by atoms with Gasteiger partial charge in [0, 0.05) is 46.5 Å². The molecule has 2 amide bonds. The first-order valence-corrected chi connectivity index (χ1v) is 7.78. The lowest BCUT2D eigenvalue weighted by atomic mass is 9.91. The number of aryl methyl sites for hydroxylation is 1. The first kappa shape index (κ1) is 15.6. The van der Waals surface area contributed by atoms with Gasteiger partial charge in [-0.15, -0.1) is 0 Å². The molecule has 2 aliphatic rings. The molecule has 7 heteroatoms. The van der Waals surface area contributed by atoms with Crippen molar-refractivity contribution < 1.29 is 9.59 Å². The van der Waals surface area contributed by atoms with Crippen LogP contribution in [-0.4, -0.2) is 76.4 Å². The Labute approximate surface area is 135 Å². The van der Waals surface area contributed by atoms with Gasteiger partial charge in [0.2, 0.25) is 5.91 Å². The maximum atomic E-state index is 12.8. The minimum absolute atomic E-state index is 0.0150. The van der Waals surface area contributed by atoms with Gasteiger partial charge in [-0.05, 0) is 18.6 Å². The lowest BCUT2D eigenvalue weighted by molar-refractivity contribution is -0.148. The number of hydrogen-bond acceptors (Lipinski definition) is 4. The maximum absolute atomic E-state index is 12.8. The van der Waals surface area contributed by atoms with Crippen molar-refractivity contribution in [1.82, 2.24) is 19.3 Å². The van der Waals surface area contributed by atoms with E-state index in [9.17, 15) is 9.59 Å². The van der Waals surface area contributed by atoms with Gasteiger partial charge >= 0.3 is 0 Å². The minimum atomic E-state index is -0.746. The number of likely N-dealkylation sites (tertiary alicyclic amines) is 1. The molecule has 0 aromatic carbocycles. The average Bonchev–Trinajstić information content (AvgIpc) is 3.15. The summed E-state index contributed by atoms with van der Waals surface area (Å²) in [4.78, 5) is 30.9. The molecule has 3 rings (SSSR count). The fraction of sp³-hybridized carbons (Fsp3) is 0.562. The first-order valence-electron chi connectivity index (χ1n) is 7.78. The van der Waals surface area contributed by atoms with Crippen LogP contribution in [0, 0.1) is 11.3 Å². The van der Waals surface area contributed by atoms with E-state index in [1.54, 1.807) is 27.5 Å². The second kappa shape index (κ2) is 5.70. The SMILES string of the molecule is CN1CCN(CC#N)C2(CCN(C(=O)c3cccn3C)C2)C1=O. The van der Waals surface area contributed by atoms with Crippen LogP contribution in [-0.2, 0) is 11.8 Å². The fourth-order valence-corrected chi connectivity index (χ4v) is 3.64. The van der Waals surface area contributed by atoms with Gasteiger partial charge in [-0.3, -0.25) is 14.5 Å². The van der Waals surface area contributed by atoms with E-state index in [0.717, 1.165) is 0 Å². The highest BCUT2D eigenvalue weighted by Crippen LogP contribution is 2.33. The third-order valence-electron chi connectivity index (χ3n) is 5.01. The molecule has 0 saturated carbocycles. The molecule has 122 valence electrons. The number of aromatic nitrogens is 1. The van der Waals surface area contributed by atoms with Crippen molar-refractivity contribution in [3.63, 3.8) is 0 Å². The second-order valence-corrected chi connectivity index (χ2v) is 6.32. The van der Waals surface area contributed by atoms with E-state index in [1.807, 2.05) is 24.2 Å². The Morgan fingerprint density at radius 2 is 2.13 bits per heavy atom. The van der Waals surface area contributed by atoms with E-state index in [-0.39, 0.29) is 18.4 Å². The predicted molar refractivity (Wildman–Crippen MR) is 83.5 cm³/mol. The number of amides is 2. The number of carbonyl (C=O) groups is 2. The molecule has 1 aromatic heterocycles. The Balaban J connectivity index is 1.86. The molecule has 1 atom stereocenters. The van der Waals surface area contributed by atoms with Crippen LogP contribution >= 0.6 is 0 Å². The standard InChI is InChI=1S/C16H21N5O2/c1-18-7-3-4-13(18)14(22)20-8-5-16(12-20)15(23)19(2)10-11-21(16)9-6-17/h3-4,7H,5,8-12H2,1-2H3.